The van der Waals surface area contributed by atoms with Gasteiger partial charge in [-0.3, -0.25) is 9.59 Å². The number of aromatic nitrogens is 3. The summed E-state index contributed by atoms with van der Waals surface area (Å²) in [5, 5.41) is 22.9. The fraction of sp³-hybridized carbons (Fsp3) is 0.481. The van der Waals surface area contributed by atoms with Crippen LogP contribution < -0.4 is 10.1 Å². The highest BCUT2D eigenvalue weighted by Gasteiger charge is 2.37. The minimum Gasteiger partial charge on any atom is -0.493 e. The lowest BCUT2D eigenvalue weighted by Crippen LogP contribution is -2.43. The average molecular weight is 508 g/mol. The fourth-order valence-corrected chi connectivity index (χ4v) is 4.82. The van der Waals surface area contributed by atoms with E-state index in [0.29, 0.717) is 40.5 Å². The van der Waals surface area contributed by atoms with Crippen LogP contribution in [0.25, 0.3) is 22.3 Å². The van der Waals surface area contributed by atoms with E-state index >= 15 is 0 Å². The first-order chi connectivity index (χ1) is 17.8. The standard InChI is InChI=1S/C27H33N5O5/c1-4-16-7-8-21(37-12-17-5-6-17)18(9-16)23-25-24(29-13-28-23)22(14(2)30-25)26(35)31-19-10-32(11-20(19)34)27(36)15(3)33/h7-9,13,15,17,19-20,30,33-34H,4-6,10-12H2,1-3H3,(H,31,35)/t15-,19+,20+/m0/s1. The van der Waals surface area contributed by atoms with Crippen LogP contribution in [0.5, 0.6) is 5.75 Å². The number of amides is 2. The van der Waals surface area contributed by atoms with Gasteiger partial charge >= 0.3 is 0 Å². The number of aliphatic hydroxyl groups is 2. The summed E-state index contributed by atoms with van der Waals surface area (Å²) in [5.41, 5.74) is 4.73. The number of aromatic amines is 1. The highest BCUT2D eigenvalue weighted by Crippen LogP contribution is 2.37. The van der Waals surface area contributed by atoms with Crippen LogP contribution in [0.4, 0.5) is 0 Å². The van der Waals surface area contributed by atoms with E-state index < -0.39 is 30.1 Å². The SMILES string of the molecule is CCc1ccc(OCC2CC2)c(-c2ncnc3c(C(=O)N[C@@H]4CN(C(=O)[C@H](C)O)C[C@H]4O)c(C)[nH]c23)c1. The molecule has 10 heteroatoms. The maximum Gasteiger partial charge on any atom is 0.255 e. The van der Waals surface area contributed by atoms with Gasteiger partial charge in [-0.2, -0.15) is 0 Å². The minimum absolute atomic E-state index is 0.0469. The maximum absolute atomic E-state index is 13.4. The molecule has 0 unspecified atom stereocenters. The van der Waals surface area contributed by atoms with Gasteiger partial charge in [0.1, 0.15) is 29.4 Å². The van der Waals surface area contributed by atoms with Gasteiger partial charge in [0.2, 0.25) is 0 Å². The molecule has 10 nitrogen and oxygen atoms in total. The zero-order valence-electron chi connectivity index (χ0n) is 21.3. The molecular weight excluding hydrogens is 474 g/mol. The lowest BCUT2D eigenvalue weighted by molar-refractivity contribution is -0.138. The maximum atomic E-state index is 13.4. The number of ether oxygens (including phenoxy) is 1. The highest BCUT2D eigenvalue weighted by molar-refractivity contribution is 6.09. The Morgan fingerprint density at radius 1 is 1.27 bits per heavy atom. The van der Waals surface area contributed by atoms with E-state index in [2.05, 4.69) is 39.3 Å². The van der Waals surface area contributed by atoms with E-state index in [9.17, 15) is 19.8 Å². The quantitative estimate of drug-likeness (QED) is 0.365. The van der Waals surface area contributed by atoms with Crippen molar-refractivity contribution in [3.8, 4) is 17.0 Å². The van der Waals surface area contributed by atoms with Crippen molar-refractivity contribution in [2.45, 2.75) is 58.3 Å². The lowest BCUT2D eigenvalue weighted by atomic mass is 10.0. The average Bonchev–Trinajstić information content (AvgIpc) is 3.55. The van der Waals surface area contributed by atoms with Gasteiger partial charge in [-0.1, -0.05) is 13.0 Å². The van der Waals surface area contributed by atoms with Crippen molar-refractivity contribution in [3.05, 3.63) is 41.3 Å². The van der Waals surface area contributed by atoms with Gasteiger partial charge < -0.3 is 30.2 Å². The number of β-amino-alcohol motifs (C(OH)–C–C–N with tert-alkyl or cyclic N) is 1. The van der Waals surface area contributed by atoms with Crippen LogP contribution in [0.1, 0.15) is 48.3 Å². The summed E-state index contributed by atoms with van der Waals surface area (Å²) in [6.45, 7) is 6.10. The summed E-state index contributed by atoms with van der Waals surface area (Å²) < 4.78 is 6.16. The molecule has 1 aromatic carbocycles. The first-order valence-corrected chi connectivity index (χ1v) is 12.8. The predicted molar refractivity (Wildman–Crippen MR) is 137 cm³/mol. The number of hydrogen-bond donors (Lipinski definition) is 4. The van der Waals surface area contributed by atoms with Crippen LogP contribution in [0, 0.1) is 12.8 Å². The van der Waals surface area contributed by atoms with Crippen LogP contribution >= 0.6 is 0 Å². The molecule has 37 heavy (non-hydrogen) atoms. The van der Waals surface area contributed by atoms with Crippen LogP contribution in [0.3, 0.4) is 0 Å². The van der Waals surface area contributed by atoms with Crippen LogP contribution in [-0.4, -0.2) is 79.8 Å². The molecule has 3 heterocycles. The minimum atomic E-state index is -1.17. The van der Waals surface area contributed by atoms with Gasteiger partial charge in [0.15, 0.2) is 0 Å². The number of nitrogens with zero attached hydrogens (tertiary/aromatic N) is 3. The third-order valence-corrected chi connectivity index (χ3v) is 7.15. The number of fused-ring (bicyclic) bond motifs is 1. The molecule has 4 N–H and O–H groups in total. The van der Waals surface area contributed by atoms with Crippen LogP contribution in [-0.2, 0) is 11.2 Å². The smallest absolute Gasteiger partial charge is 0.255 e. The van der Waals surface area contributed by atoms with Crippen LogP contribution in [0.15, 0.2) is 24.5 Å². The third-order valence-electron chi connectivity index (χ3n) is 7.15. The number of aryl methyl sites for hydroxylation is 2. The zero-order valence-corrected chi connectivity index (χ0v) is 21.3. The monoisotopic (exact) mass is 507 g/mol. The van der Waals surface area contributed by atoms with E-state index in [4.69, 9.17) is 4.74 Å². The van der Waals surface area contributed by atoms with Crippen molar-refractivity contribution in [2.24, 2.45) is 5.92 Å². The van der Waals surface area contributed by atoms with Crippen molar-refractivity contribution in [3.63, 3.8) is 0 Å². The first kappa shape index (κ1) is 25.2. The highest BCUT2D eigenvalue weighted by atomic mass is 16.5. The van der Waals surface area contributed by atoms with Crippen molar-refractivity contribution < 1.29 is 24.5 Å². The summed E-state index contributed by atoms with van der Waals surface area (Å²) >= 11 is 0. The Kier molecular flexibility index (Phi) is 6.87. The van der Waals surface area contributed by atoms with E-state index in [-0.39, 0.29) is 13.1 Å². The molecular formula is C27H33N5O5. The van der Waals surface area contributed by atoms with Crippen molar-refractivity contribution in [1.29, 1.82) is 0 Å². The van der Waals surface area contributed by atoms with Gasteiger partial charge in [-0.15, -0.1) is 0 Å². The molecule has 3 atom stereocenters. The Labute approximate surface area is 215 Å². The number of likely N-dealkylation sites (tertiary alicyclic amines) is 1. The lowest BCUT2D eigenvalue weighted by Gasteiger charge is -2.18. The Balaban J connectivity index is 1.45. The first-order valence-electron chi connectivity index (χ1n) is 12.8. The van der Waals surface area contributed by atoms with Gasteiger partial charge in [-0.05, 0) is 56.7 Å². The number of nitrogens with one attached hydrogen (secondary N) is 2. The second-order valence-electron chi connectivity index (χ2n) is 10.1. The second-order valence-corrected chi connectivity index (χ2v) is 10.1. The van der Waals surface area contributed by atoms with E-state index in [1.54, 1.807) is 6.92 Å². The zero-order chi connectivity index (χ0) is 26.3. The number of carbonyl (C=O) groups excluding carboxylic acids is 2. The summed E-state index contributed by atoms with van der Waals surface area (Å²) in [5.74, 6) is 0.464. The number of carbonyl (C=O) groups is 2. The summed E-state index contributed by atoms with van der Waals surface area (Å²) in [6.07, 6.45) is 2.57. The number of rotatable bonds is 8. The molecule has 196 valence electrons. The topological polar surface area (TPSA) is 141 Å². The molecule has 2 aliphatic rings. The molecule has 0 radical (unpaired) electrons. The third kappa shape index (κ3) is 5.03. The molecule has 2 fully saturated rings. The normalized spacial score (nSPS) is 20.3. The molecule has 1 aliphatic heterocycles. The molecule has 0 spiro atoms. The van der Waals surface area contributed by atoms with Crippen molar-refractivity contribution in [2.75, 3.05) is 19.7 Å². The van der Waals surface area contributed by atoms with Crippen molar-refractivity contribution in [1.82, 2.24) is 25.2 Å². The Morgan fingerprint density at radius 3 is 2.76 bits per heavy atom. The molecule has 5 rings (SSSR count). The van der Waals surface area contributed by atoms with Gasteiger partial charge in [0.25, 0.3) is 11.8 Å². The molecule has 3 aromatic rings. The molecule has 2 amide bonds. The Morgan fingerprint density at radius 2 is 2.05 bits per heavy atom. The van der Waals surface area contributed by atoms with Gasteiger partial charge in [0, 0.05) is 24.3 Å². The molecule has 2 aromatic heterocycles. The Hall–Kier alpha value is -3.50. The van der Waals surface area contributed by atoms with Crippen LogP contribution in [0.2, 0.25) is 0 Å². The number of benzene rings is 1. The number of aliphatic hydroxyl groups excluding tert-OH is 2. The van der Waals surface area contributed by atoms with Gasteiger partial charge in [-0.25, -0.2) is 9.97 Å². The van der Waals surface area contributed by atoms with E-state index in [0.717, 1.165) is 23.3 Å². The molecule has 1 aliphatic carbocycles. The van der Waals surface area contributed by atoms with E-state index in [1.165, 1.54) is 31.0 Å². The largest absolute Gasteiger partial charge is 0.493 e. The summed E-state index contributed by atoms with van der Waals surface area (Å²) in [6, 6.07) is 5.45. The molecule has 0 bridgehead atoms. The summed E-state index contributed by atoms with van der Waals surface area (Å²) in [4.78, 5) is 39.1. The van der Waals surface area contributed by atoms with Crippen molar-refractivity contribution >= 4 is 22.8 Å². The van der Waals surface area contributed by atoms with Gasteiger partial charge in [0.05, 0.1) is 29.8 Å². The Bertz CT molecular complexity index is 1330. The number of H-pyrrole nitrogens is 1. The van der Waals surface area contributed by atoms with E-state index in [1.807, 2.05) is 6.07 Å². The second kappa shape index (κ2) is 10.1. The fourth-order valence-electron chi connectivity index (χ4n) is 4.82. The molecule has 1 saturated heterocycles. The summed E-state index contributed by atoms with van der Waals surface area (Å²) in [7, 11) is 0. The number of hydrogen-bond acceptors (Lipinski definition) is 7. The molecule has 1 saturated carbocycles. The predicted octanol–water partition coefficient (Wildman–Crippen LogP) is 1.97.